The van der Waals surface area contributed by atoms with Crippen molar-refractivity contribution in [2.45, 2.75) is 13.8 Å². The van der Waals surface area contributed by atoms with Crippen LogP contribution in [0.15, 0.2) is 0 Å². The highest BCUT2D eigenvalue weighted by Crippen LogP contribution is 1.98. The molecule has 4 N–H and O–H groups in total. The fraction of sp³-hybridized carbons (Fsp3) is 0.750. The molecule has 5 heteroatoms. The monoisotopic (exact) mass is 203 g/mol. The second-order valence-electron chi connectivity index (χ2n) is 3.10. The van der Waals surface area contributed by atoms with Crippen LogP contribution in [0.5, 0.6) is 0 Å². The van der Waals surface area contributed by atoms with Gasteiger partial charge in [-0.1, -0.05) is 26.1 Å². The largest absolute Gasteiger partial charge is 0.392 e. The third-order valence-corrected chi connectivity index (χ3v) is 1.97. The number of primary amides is 1. The fourth-order valence-corrected chi connectivity index (χ4v) is 1.19. The Morgan fingerprint density at radius 3 is 2.38 bits per heavy atom. The van der Waals surface area contributed by atoms with Crippen LogP contribution in [-0.2, 0) is 4.79 Å². The number of hydrogen-bond acceptors (Lipinski definition) is 3. The number of nitrogens with zero attached hydrogens (tertiary/aromatic N) is 1. The normalized spacial score (nSPS) is 12.8. The zero-order valence-corrected chi connectivity index (χ0v) is 8.93. The first-order chi connectivity index (χ1) is 5.97. The molecule has 0 aliphatic heterocycles. The van der Waals surface area contributed by atoms with E-state index >= 15 is 0 Å². The van der Waals surface area contributed by atoms with Crippen LogP contribution in [-0.4, -0.2) is 35.4 Å². The first-order valence-corrected chi connectivity index (χ1v) is 4.68. The minimum Gasteiger partial charge on any atom is -0.392 e. The first-order valence-electron chi connectivity index (χ1n) is 4.27. The zero-order chi connectivity index (χ0) is 10.4. The molecule has 0 aromatic carbocycles. The van der Waals surface area contributed by atoms with Gasteiger partial charge in [-0.15, -0.1) is 0 Å². The van der Waals surface area contributed by atoms with Gasteiger partial charge in [-0.05, 0) is 6.54 Å². The average molecular weight is 203 g/mol. The van der Waals surface area contributed by atoms with Crippen molar-refractivity contribution >= 4 is 23.1 Å². The molecule has 0 rings (SSSR count). The number of rotatable bonds is 6. The maximum Gasteiger partial charge on any atom is 0.221 e. The molecular formula is C8H17N3OS. The van der Waals surface area contributed by atoms with Crippen LogP contribution in [0.2, 0.25) is 0 Å². The van der Waals surface area contributed by atoms with Gasteiger partial charge in [-0.25, -0.2) is 0 Å². The Balaban J connectivity index is 3.97. The number of nitrogens with two attached hydrogens (primary N) is 2. The maximum atomic E-state index is 10.8. The van der Waals surface area contributed by atoms with Crippen LogP contribution in [0.25, 0.3) is 0 Å². The molecule has 0 saturated carbocycles. The minimum absolute atomic E-state index is 0.158. The lowest BCUT2D eigenvalue weighted by Gasteiger charge is -2.21. The van der Waals surface area contributed by atoms with Gasteiger partial charge in [0.1, 0.15) is 0 Å². The molecule has 0 aromatic heterocycles. The number of hydrogen-bond donors (Lipinski definition) is 2. The van der Waals surface area contributed by atoms with Crippen LogP contribution in [0, 0.1) is 5.92 Å². The summed E-state index contributed by atoms with van der Waals surface area (Å²) in [6.07, 6.45) is 0. The number of amides is 1. The Labute approximate surface area is 84.3 Å². The summed E-state index contributed by atoms with van der Waals surface area (Å²) in [5, 5.41) is 0. The highest BCUT2D eigenvalue weighted by atomic mass is 32.1. The van der Waals surface area contributed by atoms with Crippen LogP contribution in [0.1, 0.15) is 13.8 Å². The van der Waals surface area contributed by atoms with Crippen molar-refractivity contribution in [3.63, 3.8) is 0 Å². The molecule has 0 fully saturated rings. The van der Waals surface area contributed by atoms with Crippen molar-refractivity contribution in [3.05, 3.63) is 0 Å². The molecule has 13 heavy (non-hydrogen) atoms. The van der Waals surface area contributed by atoms with Gasteiger partial charge < -0.3 is 11.5 Å². The Morgan fingerprint density at radius 1 is 1.54 bits per heavy atom. The van der Waals surface area contributed by atoms with Crippen molar-refractivity contribution in [3.8, 4) is 0 Å². The van der Waals surface area contributed by atoms with Crippen LogP contribution < -0.4 is 11.5 Å². The topological polar surface area (TPSA) is 72.3 Å². The van der Waals surface area contributed by atoms with Gasteiger partial charge in [0.15, 0.2) is 0 Å². The molecule has 4 nitrogen and oxygen atoms in total. The van der Waals surface area contributed by atoms with Crippen molar-refractivity contribution in [2.75, 3.05) is 19.6 Å². The van der Waals surface area contributed by atoms with Gasteiger partial charge >= 0.3 is 0 Å². The third-order valence-electron chi connectivity index (χ3n) is 1.84. The van der Waals surface area contributed by atoms with Crippen molar-refractivity contribution < 1.29 is 4.79 Å². The van der Waals surface area contributed by atoms with E-state index in [1.165, 1.54) is 0 Å². The second-order valence-corrected chi connectivity index (χ2v) is 3.62. The van der Waals surface area contributed by atoms with E-state index < -0.39 is 0 Å². The molecule has 0 spiro atoms. The van der Waals surface area contributed by atoms with E-state index in [1.54, 1.807) is 6.92 Å². The second kappa shape index (κ2) is 5.88. The van der Waals surface area contributed by atoms with Gasteiger partial charge in [0.2, 0.25) is 5.91 Å². The highest BCUT2D eigenvalue weighted by molar-refractivity contribution is 7.80. The summed E-state index contributed by atoms with van der Waals surface area (Å²) in [5.41, 5.74) is 10.5. The Bertz CT molecular complexity index is 196. The van der Waals surface area contributed by atoms with E-state index in [9.17, 15) is 4.79 Å². The lowest BCUT2D eigenvalue weighted by Crippen LogP contribution is -2.39. The molecule has 0 heterocycles. The van der Waals surface area contributed by atoms with Gasteiger partial charge in [0, 0.05) is 19.0 Å². The highest BCUT2D eigenvalue weighted by Gasteiger charge is 2.13. The predicted molar refractivity (Wildman–Crippen MR) is 57.3 cm³/mol. The third kappa shape index (κ3) is 5.54. The number of carbonyl (C=O) groups is 1. The summed E-state index contributed by atoms with van der Waals surface area (Å²) in [4.78, 5) is 13.2. The van der Waals surface area contributed by atoms with E-state index in [0.29, 0.717) is 18.1 Å². The summed E-state index contributed by atoms with van der Waals surface area (Å²) in [6.45, 7) is 5.76. The summed E-state index contributed by atoms with van der Waals surface area (Å²) < 4.78 is 0. The van der Waals surface area contributed by atoms with Crippen LogP contribution in [0.3, 0.4) is 0 Å². The molecule has 0 aromatic rings. The summed E-state index contributed by atoms with van der Waals surface area (Å²) >= 11 is 4.78. The SMILES string of the molecule is CCN(CC(N)=S)CC(C)C(N)=O. The summed E-state index contributed by atoms with van der Waals surface area (Å²) in [7, 11) is 0. The molecular weight excluding hydrogens is 186 g/mol. The molecule has 1 amide bonds. The predicted octanol–water partition coefficient (Wildman–Crippen LogP) is -0.284. The lowest BCUT2D eigenvalue weighted by atomic mass is 10.1. The van der Waals surface area contributed by atoms with Crippen molar-refractivity contribution in [1.29, 1.82) is 0 Å². The molecule has 0 saturated heterocycles. The van der Waals surface area contributed by atoms with E-state index in [1.807, 2.05) is 11.8 Å². The van der Waals surface area contributed by atoms with E-state index in [2.05, 4.69) is 0 Å². The van der Waals surface area contributed by atoms with Crippen molar-refractivity contribution in [2.24, 2.45) is 17.4 Å². The van der Waals surface area contributed by atoms with Crippen LogP contribution in [0.4, 0.5) is 0 Å². The lowest BCUT2D eigenvalue weighted by molar-refractivity contribution is -0.121. The minimum atomic E-state index is -0.290. The summed E-state index contributed by atoms with van der Waals surface area (Å²) in [6, 6.07) is 0. The quantitative estimate of drug-likeness (QED) is 0.582. The Hall–Kier alpha value is -0.680. The van der Waals surface area contributed by atoms with E-state index in [4.69, 9.17) is 23.7 Å². The number of thiocarbonyl (C=S) groups is 1. The summed E-state index contributed by atoms with van der Waals surface area (Å²) in [5.74, 6) is -0.448. The molecule has 0 radical (unpaired) electrons. The fourth-order valence-electron chi connectivity index (χ4n) is 1.00. The van der Waals surface area contributed by atoms with E-state index in [-0.39, 0.29) is 11.8 Å². The zero-order valence-electron chi connectivity index (χ0n) is 8.12. The van der Waals surface area contributed by atoms with Crippen LogP contribution >= 0.6 is 12.2 Å². The van der Waals surface area contributed by atoms with Gasteiger partial charge in [-0.3, -0.25) is 9.69 Å². The molecule has 1 unspecified atom stereocenters. The van der Waals surface area contributed by atoms with Crippen molar-refractivity contribution in [1.82, 2.24) is 4.90 Å². The molecule has 0 aliphatic rings. The van der Waals surface area contributed by atoms with E-state index in [0.717, 1.165) is 6.54 Å². The molecule has 1 atom stereocenters. The number of likely N-dealkylation sites (N-methyl/N-ethyl adjacent to an activating group) is 1. The van der Waals surface area contributed by atoms with Gasteiger partial charge in [0.05, 0.1) is 4.99 Å². The number of carbonyl (C=O) groups excluding carboxylic acids is 1. The first kappa shape index (κ1) is 12.3. The molecule has 76 valence electrons. The average Bonchev–Trinajstić information content (AvgIpc) is 2.02. The van der Waals surface area contributed by atoms with Gasteiger partial charge in [-0.2, -0.15) is 0 Å². The van der Waals surface area contributed by atoms with Gasteiger partial charge in [0.25, 0.3) is 0 Å². The smallest absolute Gasteiger partial charge is 0.221 e. The maximum absolute atomic E-state index is 10.8. The Morgan fingerprint density at radius 2 is 2.08 bits per heavy atom. The molecule has 0 aliphatic carbocycles. The standard InChI is InChI=1S/C8H17N3OS/c1-3-11(5-7(9)13)4-6(2)8(10)12/h6H,3-5H2,1-2H3,(H2,9,13)(H2,10,12). The Kier molecular flexibility index (Phi) is 5.57. The molecule has 0 bridgehead atoms.